The molecule has 1 unspecified atom stereocenters. The molecule has 2 aromatic carbocycles. The molecule has 150 valence electrons. The number of hydrogen-bond acceptors (Lipinski definition) is 4. The summed E-state index contributed by atoms with van der Waals surface area (Å²) >= 11 is 0. The average Bonchev–Trinajstić information content (AvgIpc) is 3.19. The molecule has 1 aliphatic heterocycles. The van der Waals surface area contributed by atoms with Crippen molar-refractivity contribution in [3.05, 3.63) is 84.2 Å². The Morgan fingerprint density at radius 2 is 1.97 bits per heavy atom. The van der Waals surface area contributed by atoms with Crippen molar-refractivity contribution in [1.82, 2.24) is 14.8 Å². The van der Waals surface area contributed by atoms with Gasteiger partial charge in [-0.15, -0.1) is 0 Å². The number of carbonyl (C=O) groups is 1. The van der Waals surface area contributed by atoms with Gasteiger partial charge in [-0.25, -0.2) is 4.68 Å². The SMILES string of the molecule is CC1(C)CC(c2ccccc2)Nc2c(C(=O)Nc3ccc4ncccc4c3)cnn21. The third-order valence-corrected chi connectivity index (χ3v) is 5.66. The third kappa shape index (κ3) is 3.20. The normalized spacial score (nSPS) is 17.2. The molecule has 1 atom stereocenters. The van der Waals surface area contributed by atoms with E-state index in [1.165, 1.54) is 5.56 Å². The molecule has 0 saturated carbocycles. The van der Waals surface area contributed by atoms with Crippen molar-refractivity contribution in [3.63, 3.8) is 0 Å². The monoisotopic (exact) mass is 397 g/mol. The highest BCUT2D eigenvalue weighted by Crippen LogP contribution is 2.40. The first-order valence-electron chi connectivity index (χ1n) is 10.1. The maximum absolute atomic E-state index is 13.1. The molecule has 1 amide bonds. The molecular weight excluding hydrogens is 374 g/mol. The van der Waals surface area contributed by atoms with E-state index < -0.39 is 0 Å². The van der Waals surface area contributed by atoms with Crippen LogP contribution in [0.25, 0.3) is 10.9 Å². The van der Waals surface area contributed by atoms with Gasteiger partial charge in [0, 0.05) is 17.3 Å². The lowest BCUT2D eigenvalue weighted by molar-refractivity contribution is 0.102. The molecule has 0 aliphatic carbocycles. The van der Waals surface area contributed by atoms with Crippen molar-refractivity contribution in [2.75, 3.05) is 10.6 Å². The minimum Gasteiger partial charge on any atom is -0.363 e. The van der Waals surface area contributed by atoms with Gasteiger partial charge in [-0.3, -0.25) is 9.78 Å². The van der Waals surface area contributed by atoms with Crippen LogP contribution in [0.2, 0.25) is 0 Å². The van der Waals surface area contributed by atoms with E-state index in [0.717, 1.165) is 28.8 Å². The van der Waals surface area contributed by atoms with Gasteiger partial charge in [-0.1, -0.05) is 36.4 Å². The van der Waals surface area contributed by atoms with Crippen LogP contribution in [0.4, 0.5) is 11.5 Å². The lowest BCUT2D eigenvalue weighted by atomic mass is 9.89. The molecule has 2 aromatic heterocycles. The van der Waals surface area contributed by atoms with Gasteiger partial charge in [-0.05, 0) is 50.1 Å². The Morgan fingerprint density at radius 3 is 2.80 bits per heavy atom. The number of anilines is 2. The zero-order valence-electron chi connectivity index (χ0n) is 17.0. The predicted molar refractivity (Wildman–Crippen MR) is 119 cm³/mol. The van der Waals surface area contributed by atoms with Gasteiger partial charge < -0.3 is 10.6 Å². The number of rotatable bonds is 3. The highest BCUT2D eigenvalue weighted by atomic mass is 16.1. The Bertz CT molecular complexity index is 1230. The molecule has 0 fully saturated rings. The average molecular weight is 397 g/mol. The number of aromatic nitrogens is 3. The van der Waals surface area contributed by atoms with Gasteiger partial charge in [0.15, 0.2) is 0 Å². The summed E-state index contributed by atoms with van der Waals surface area (Å²) in [5.41, 5.74) is 3.15. The van der Waals surface area contributed by atoms with E-state index in [1.807, 2.05) is 53.2 Å². The summed E-state index contributed by atoms with van der Waals surface area (Å²) in [6, 6.07) is 20.0. The molecule has 6 nitrogen and oxygen atoms in total. The third-order valence-electron chi connectivity index (χ3n) is 5.66. The van der Waals surface area contributed by atoms with Crippen LogP contribution in [0.3, 0.4) is 0 Å². The molecule has 1 aliphatic rings. The van der Waals surface area contributed by atoms with Crippen molar-refractivity contribution in [3.8, 4) is 0 Å². The van der Waals surface area contributed by atoms with Crippen molar-refractivity contribution in [1.29, 1.82) is 0 Å². The highest BCUT2D eigenvalue weighted by Gasteiger charge is 2.36. The Balaban J connectivity index is 1.46. The number of pyridine rings is 1. The fourth-order valence-electron chi connectivity index (χ4n) is 4.15. The molecule has 0 bridgehead atoms. The number of hydrogen-bond donors (Lipinski definition) is 2. The lowest BCUT2D eigenvalue weighted by Crippen LogP contribution is -2.38. The number of nitrogens with zero attached hydrogens (tertiary/aromatic N) is 3. The Kier molecular flexibility index (Phi) is 4.28. The summed E-state index contributed by atoms with van der Waals surface area (Å²) in [6.07, 6.45) is 4.29. The van der Waals surface area contributed by atoms with Crippen LogP contribution in [0.15, 0.2) is 73.1 Å². The standard InChI is InChI=1S/C24H23N5O/c1-24(2)14-21(16-7-4-3-5-8-16)28-22-19(15-26-29(22)24)23(30)27-18-10-11-20-17(13-18)9-6-12-25-20/h3-13,15,21,28H,14H2,1-2H3,(H,27,30). The summed E-state index contributed by atoms with van der Waals surface area (Å²) in [5.74, 6) is 0.566. The molecule has 3 heterocycles. The second-order valence-corrected chi connectivity index (χ2v) is 8.31. The number of carbonyl (C=O) groups excluding carboxylic acids is 1. The molecule has 0 radical (unpaired) electrons. The summed E-state index contributed by atoms with van der Waals surface area (Å²) in [4.78, 5) is 17.4. The van der Waals surface area contributed by atoms with E-state index in [4.69, 9.17) is 0 Å². The molecule has 30 heavy (non-hydrogen) atoms. The van der Waals surface area contributed by atoms with E-state index in [0.29, 0.717) is 5.56 Å². The number of benzene rings is 2. The lowest BCUT2D eigenvalue weighted by Gasteiger charge is -2.38. The zero-order valence-corrected chi connectivity index (χ0v) is 17.0. The largest absolute Gasteiger partial charge is 0.363 e. The summed E-state index contributed by atoms with van der Waals surface area (Å²) in [5, 5.41) is 12.1. The molecule has 0 spiro atoms. The molecule has 5 rings (SSSR count). The fourth-order valence-corrected chi connectivity index (χ4v) is 4.15. The van der Waals surface area contributed by atoms with Gasteiger partial charge in [0.25, 0.3) is 5.91 Å². The molecule has 0 saturated heterocycles. The summed E-state index contributed by atoms with van der Waals surface area (Å²) in [7, 11) is 0. The van der Waals surface area contributed by atoms with Crippen LogP contribution in [0.5, 0.6) is 0 Å². The van der Waals surface area contributed by atoms with E-state index >= 15 is 0 Å². The van der Waals surface area contributed by atoms with Crippen molar-refractivity contribution in [2.24, 2.45) is 0 Å². The molecule has 4 aromatic rings. The smallest absolute Gasteiger partial charge is 0.261 e. The predicted octanol–water partition coefficient (Wildman–Crippen LogP) is 4.98. The van der Waals surface area contributed by atoms with Gasteiger partial charge in [0.05, 0.1) is 23.3 Å². The molecule has 6 heteroatoms. The Morgan fingerprint density at radius 1 is 1.13 bits per heavy atom. The van der Waals surface area contributed by atoms with Gasteiger partial charge in [0.1, 0.15) is 11.4 Å². The van der Waals surface area contributed by atoms with Crippen LogP contribution in [0.1, 0.15) is 42.2 Å². The first-order valence-corrected chi connectivity index (χ1v) is 10.1. The van der Waals surface area contributed by atoms with Crippen LogP contribution in [-0.2, 0) is 5.54 Å². The van der Waals surface area contributed by atoms with Crippen molar-refractivity contribution in [2.45, 2.75) is 31.8 Å². The molecule has 2 N–H and O–H groups in total. The van der Waals surface area contributed by atoms with E-state index in [1.54, 1.807) is 12.4 Å². The summed E-state index contributed by atoms with van der Waals surface area (Å²) in [6.45, 7) is 4.30. The maximum atomic E-state index is 13.1. The van der Waals surface area contributed by atoms with Crippen molar-refractivity contribution < 1.29 is 4.79 Å². The topological polar surface area (TPSA) is 71.8 Å². The van der Waals surface area contributed by atoms with Gasteiger partial charge >= 0.3 is 0 Å². The maximum Gasteiger partial charge on any atom is 0.261 e. The zero-order chi connectivity index (χ0) is 20.7. The van der Waals surface area contributed by atoms with Crippen LogP contribution < -0.4 is 10.6 Å². The quantitative estimate of drug-likeness (QED) is 0.512. The van der Waals surface area contributed by atoms with Crippen molar-refractivity contribution >= 4 is 28.3 Å². The first kappa shape index (κ1) is 18.4. The fraction of sp³-hybridized carbons (Fsp3) is 0.208. The Hall–Kier alpha value is -3.67. The first-order chi connectivity index (χ1) is 14.5. The molecular formula is C24H23N5O. The minimum atomic E-state index is -0.214. The second kappa shape index (κ2) is 6.99. The van der Waals surface area contributed by atoms with Crippen LogP contribution >= 0.6 is 0 Å². The Labute approximate surface area is 174 Å². The van der Waals surface area contributed by atoms with E-state index in [9.17, 15) is 4.79 Å². The number of amides is 1. The minimum absolute atomic E-state index is 0.115. The van der Waals surface area contributed by atoms with Crippen LogP contribution in [0, 0.1) is 0 Å². The number of fused-ring (bicyclic) bond motifs is 2. The number of nitrogens with one attached hydrogen (secondary N) is 2. The van der Waals surface area contributed by atoms with Gasteiger partial charge in [0.2, 0.25) is 0 Å². The van der Waals surface area contributed by atoms with Gasteiger partial charge in [-0.2, -0.15) is 5.10 Å². The van der Waals surface area contributed by atoms with E-state index in [-0.39, 0.29) is 17.5 Å². The second-order valence-electron chi connectivity index (χ2n) is 8.31. The van der Waals surface area contributed by atoms with E-state index in [2.05, 4.69) is 46.7 Å². The van der Waals surface area contributed by atoms with Crippen LogP contribution in [-0.4, -0.2) is 20.7 Å². The highest BCUT2D eigenvalue weighted by molar-refractivity contribution is 6.08. The summed E-state index contributed by atoms with van der Waals surface area (Å²) < 4.78 is 1.92.